The highest BCUT2D eigenvalue weighted by atomic mass is 16.6. The first-order chi connectivity index (χ1) is 6.33. The predicted octanol–water partition coefficient (Wildman–Crippen LogP) is 2.65. The van der Waals surface area contributed by atoms with E-state index in [4.69, 9.17) is 4.74 Å². The molecule has 0 bridgehead atoms. The van der Waals surface area contributed by atoms with Gasteiger partial charge in [0.05, 0.1) is 6.61 Å². The maximum Gasteiger partial charge on any atom is 0.410 e. The van der Waals surface area contributed by atoms with Crippen LogP contribution in [0.3, 0.4) is 0 Å². The molecule has 0 N–H and O–H groups in total. The summed E-state index contributed by atoms with van der Waals surface area (Å²) in [6.45, 7) is 11.7. The van der Waals surface area contributed by atoms with Crippen LogP contribution in [0.15, 0.2) is 0 Å². The van der Waals surface area contributed by atoms with Gasteiger partial charge in [0.1, 0.15) is 0 Å². The molecule has 1 heterocycles. The molecule has 1 rings (SSSR count). The fourth-order valence-corrected chi connectivity index (χ4v) is 1.86. The Morgan fingerprint density at radius 1 is 1.36 bits per heavy atom. The first-order valence-electron chi connectivity index (χ1n) is 5.27. The van der Waals surface area contributed by atoms with Gasteiger partial charge in [-0.3, -0.25) is 0 Å². The molecular formula is C11H21NO2. The van der Waals surface area contributed by atoms with Crippen molar-refractivity contribution in [1.29, 1.82) is 0 Å². The van der Waals surface area contributed by atoms with Crippen molar-refractivity contribution in [2.75, 3.05) is 13.2 Å². The van der Waals surface area contributed by atoms with Crippen molar-refractivity contribution < 1.29 is 9.53 Å². The van der Waals surface area contributed by atoms with Gasteiger partial charge in [-0.15, -0.1) is 0 Å². The first kappa shape index (κ1) is 11.3. The lowest BCUT2D eigenvalue weighted by atomic mass is 9.75. The predicted molar refractivity (Wildman–Crippen MR) is 56.2 cm³/mol. The molecule has 0 aromatic heterocycles. The minimum absolute atomic E-state index is 0.112. The number of carbonyl (C=O) groups is 1. The van der Waals surface area contributed by atoms with Gasteiger partial charge in [0.15, 0.2) is 0 Å². The molecule has 0 radical (unpaired) electrons. The highest BCUT2D eigenvalue weighted by Gasteiger charge is 2.49. The third kappa shape index (κ3) is 1.60. The van der Waals surface area contributed by atoms with Crippen molar-refractivity contribution in [2.45, 2.75) is 46.6 Å². The Morgan fingerprint density at radius 3 is 2.29 bits per heavy atom. The largest absolute Gasteiger partial charge is 0.450 e. The molecule has 0 aromatic rings. The Morgan fingerprint density at radius 2 is 1.93 bits per heavy atom. The summed E-state index contributed by atoms with van der Waals surface area (Å²) in [5.74, 6) is 0. The molecule has 1 saturated heterocycles. The summed E-state index contributed by atoms with van der Waals surface area (Å²) in [5, 5.41) is 0. The van der Waals surface area contributed by atoms with Gasteiger partial charge >= 0.3 is 6.09 Å². The fourth-order valence-electron chi connectivity index (χ4n) is 1.86. The van der Waals surface area contributed by atoms with Crippen LogP contribution in [-0.2, 0) is 4.74 Å². The summed E-state index contributed by atoms with van der Waals surface area (Å²) < 4.78 is 5.04. The number of rotatable bonds is 1. The zero-order valence-electron chi connectivity index (χ0n) is 9.89. The highest BCUT2D eigenvalue weighted by molar-refractivity contribution is 5.69. The molecule has 1 aliphatic rings. The summed E-state index contributed by atoms with van der Waals surface area (Å²) in [6.07, 6.45) is 0.863. The molecule has 3 nitrogen and oxygen atoms in total. The number of carbonyl (C=O) groups excluding carboxylic acids is 1. The Bertz CT molecular complexity index is 233. The average Bonchev–Trinajstić information content (AvgIpc) is 2.23. The monoisotopic (exact) mass is 199 g/mol. The maximum atomic E-state index is 11.7. The number of amides is 1. The van der Waals surface area contributed by atoms with E-state index in [2.05, 4.69) is 27.7 Å². The van der Waals surface area contributed by atoms with Crippen LogP contribution >= 0.6 is 0 Å². The van der Waals surface area contributed by atoms with E-state index in [1.54, 1.807) is 0 Å². The molecule has 82 valence electrons. The van der Waals surface area contributed by atoms with Crippen LogP contribution in [0.1, 0.15) is 41.0 Å². The SMILES string of the molecule is CCOC(=O)N1CCC(C)(C)C1(C)C. The van der Waals surface area contributed by atoms with Gasteiger partial charge in [-0.2, -0.15) is 0 Å². The smallest absolute Gasteiger partial charge is 0.410 e. The fraction of sp³-hybridized carbons (Fsp3) is 0.909. The summed E-state index contributed by atoms with van der Waals surface area (Å²) in [5.41, 5.74) is 0.0546. The van der Waals surface area contributed by atoms with Crippen molar-refractivity contribution in [3.63, 3.8) is 0 Å². The van der Waals surface area contributed by atoms with E-state index >= 15 is 0 Å². The summed E-state index contributed by atoms with van der Waals surface area (Å²) in [6, 6.07) is 0. The van der Waals surface area contributed by atoms with Crippen LogP contribution in [0.4, 0.5) is 4.79 Å². The van der Waals surface area contributed by atoms with E-state index in [0.717, 1.165) is 13.0 Å². The number of ether oxygens (including phenoxy) is 1. The molecule has 1 fully saturated rings. The van der Waals surface area contributed by atoms with Crippen molar-refractivity contribution >= 4 is 6.09 Å². The van der Waals surface area contributed by atoms with Crippen LogP contribution in [0.25, 0.3) is 0 Å². The minimum Gasteiger partial charge on any atom is -0.450 e. The average molecular weight is 199 g/mol. The van der Waals surface area contributed by atoms with Crippen molar-refractivity contribution in [3.8, 4) is 0 Å². The number of nitrogens with zero attached hydrogens (tertiary/aromatic N) is 1. The van der Waals surface area contributed by atoms with E-state index in [1.807, 2.05) is 11.8 Å². The molecule has 0 atom stereocenters. The molecule has 0 aromatic carbocycles. The molecule has 0 saturated carbocycles. The Hall–Kier alpha value is -0.730. The van der Waals surface area contributed by atoms with E-state index in [-0.39, 0.29) is 17.0 Å². The van der Waals surface area contributed by atoms with Crippen molar-refractivity contribution in [3.05, 3.63) is 0 Å². The Kier molecular flexibility index (Phi) is 2.79. The minimum atomic E-state index is -0.178. The topological polar surface area (TPSA) is 29.5 Å². The van der Waals surface area contributed by atoms with E-state index in [0.29, 0.717) is 6.61 Å². The van der Waals surface area contributed by atoms with Gasteiger partial charge < -0.3 is 9.64 Å². The Labute approximate surface area is 86.4 Å². The summed E-state index contributed by atoms with van der Waals surface area (Å²) in [4.78, 5) is 13.5. The van der Waals surface area contributed by atoms with E-state index in [1.165, 1.54) is 0 Å². The number of hydrogen-bond acceptors (Lipinski definition) is 2. The van der Waals surface area contributed by atoms with Crippen LogP contribution in [0, 0.1) is 5.41 Å². The molecular weight excluding hydrogens is 178 g/mol. The lowest BCUT2D eigenvalue weighted by Gasteiger charge is -2.40. The standard InChI is InChI=1S/C11H21NO2/c1-6-14-9(13)12-8-7-10(2,3)11(12,4)5/h6-8H2,1-5H3. The van der Waals surface area contributed by atoms with E-state index in [9.17, 15) is 4.79 Å². The van der Waals surface area contributed by atoms with Crippen LogP contribution in [0.2, 0.25) is 0 Å². The molecule has 0 spiro atoms. The van der Waals surface area contributed by atoms with Gasteiger partial charge in [0, 0.05) is 12.1 Å². The van der Waals surface area contributed by atoms with Gasteiger partial charge in [0.2, 0.25) is 0 Å². The third-order valence-corrected chi connectivity index (χ3v) is 3.78. The summed E-state index contributed by atoms with van der Waals surface area (Å²) >= 11 is 0. The van der Waals surface area contributed by atoms with Crippen LogP contribution in [-0.4, -0.2) is 29.7 Å². The lowest BCUT2D eigenvalue weighted by molar-refractivity contribution is 0.0574. The highest BCUT2D eigenvalue weighted by Crippen LogP contribution is 2.44. The zero-order valence-corrected chi connectivity index (χ0v) is 9.89. The molecule has 14 heavy (non-hydrogen) atoms. The Balaban J connectivity index is 2.79. The number of hydrogen-bond donors (Lipinski definition) is 0. The summed E-state index contributed by atoms with van der Waals surface area (Å²) in [7, 11) is 0. The van der Waals surface area contributed by atoms with Crippen molar-refractivity contribution in [1.82, 2.24) is 4.90 Å². The molecule has 0 unspecified atom stereocenters. The van der Waals surface area contributed by atoms with Gasteiger partial charge in [-0.05, 0) is 32.6 Å². The molecule has 1 aliphatic heterocycles. The van der Waals surface area contributed by atoms with Gasteiger partial charge in [-0.1, -0.05) is 13.8 Å². The van der Waals surface area contributed by atoms with Gasteiger partial charge in [-0.25, -0.2) is 4.79 Å². The molecule has 3 heteroatoms. The third-order valence-electron chi connectivity index (χ3n) is 3.78. The van der Waals surface area contributed by atoms with Crippen molar-refractivity contribution in [2.24, 2.45) is 5.41 Å². The van der Waals surface area contributed by atoms with Crippen LogP contribution in [0.5, 0.6) is 0 Å². The van der Waals surface area contributed by atoms with Gasteiger partial charge in [0.25, 0.3) is 0 Å². The second kappa shape index (κ2) is 3.44. The number of likely N-dealkylation sites (tertiary alicyclic amines) is 1. The first-order valence-corrected chi connectivity index (χ1v) is 5.27. The second-order valence-corrected chi connectivity index (χ2v) is 5.04. The maximum absolute atomic E-state index is 11.7. The van der Waals surface area contributed by atoms with Crippen LogP contribution < -0.4 is 0 Å². The zero-order chi connectivity index (χ0) is 11.0. The normalized spacial score (nSPS) is 23.6. The quantitative estimate of drug-likeness (QED) is 0.649. The lowest BCUT2D eigenvalue weighted by Crippen LogP contribution is -2.49. The molecule has 0 aliphatic carbocycles. The second-order valence-electron chi connectivity index (χ2n) is 5.04. The van der Waals surface area contributed by atoms with E-state index < -0.39 is 0 Å². The molecule has 1 amide bonds.